The predicted octanol–water partition coefficient (Wildman–Crippen LogP) is 2.43. The van der Waals surface area contributed by atoms with E-state index in [2.05, 4.69) is 37.1 Å². The van der Waals surface area contributed by atoms with Crippen LogP contribution in [-0.4, -0.2) is 18.1 Å². The number of nitrogens with one attached hydrogen (secondary N) is 1. The number of aromatic nitrogens is 1. The molecule has 0 spiro atoms. The van der Waals surface area contributed by atoms with E-state index in [1.165, 1.54) is 5.56 Å². The molecule has 0 aliphatic rings. The van der Waals surface area contributed by atoms with Crippen molar-refractivity contribution in [3.05, 3.63) is 30.1 Å². The zero-order chi connectivity index (χ0) is 10.4. The van der Waals surface area contributed by atoms with Gasteiger partial charge in [0, 0.05) is 12.4 Å². The molecule has 1 N–H and O–H groups in total. The monoisotopic (exact) mass is 192 g/mol. The zero-order valence-electron chi connectivity index (χ0n) is 9.33. The van der Waals surface area contributed by atoms with Crippen LogP contribution in [0.1, 0.15) is 32.3 Å². The van der Waals surface area contributed by atoms with E-state index < -0.39 is 0 Å². The van der Waals surface area contributed by atoms with Crippen LogP contribution in [0.15, 0.2) is 24.5 Å². The van der Waals surface area contributed by atoms with Crippen molar-refractivity contribution in [1.29, 1.82) is 0 Å². The molecule has 2 atom stereocenters. The third kappa shape index (κ3) is 3.11. The van der Waals surface area contributed by atoms with E-state index in [0.717, 1.165) is 13.1 Å². The van der Waals surface area contributed by atoms with Crippen molar-refractivity contribution >= 4 is 0 Å². The normalized spacial score (nSPS) is 15.1. The Bertz CT molecular complexity index is 246. The van der Waals surface area contributed by atoms with Crippen molar-refractivity contribution in [1.82, 2.24) is 10.3 Å². The minimum absolute atomic E-state index is 0.572. The number of nitrogens with zero attached hydrogens (tertiary/aromatic N) is 1. The molecule has 0 fully saturated rings. The summed E-state index contributed by atoms with van der Waals surface area (Å²) >= 11 is 0. The Morgan fingerprint density at radius 1 is 1.43 bits per heavy atom. The Morgan fingerprint density at radius 3 is 2.79 bits per heavy atom. The van der Waals surface area contributed by atoms with Crippen LogP contribution >= 0.6 is 0 Å². The average molecular weight is 192 g/mol. The Hall–Kier alpha value is -0.890. The average Bonchev–Trinajstić information content (AvgIpc) is 2.26. The largest absolute Gasteiger partial charge is 0.317 e. The van der Waals surface area contributed by atoms with Crippen LogP contribution in [0.25, 0.3) is 0 Å². The van der Waals surface area contributed by atoms with Gasteiger partial charge in [-0.15, -0.1) is 0 Å². The van der Waals surface area contributed by atoms with Crippen LogP contribution < -0.4 is 5.32 Å². The molecule has 0 aromatic carbocycles. The van der Waals surface area contributed by atoms with Crippen LogP contribution in [-0.2, 0) is 0 Å². The molecule has 0 saturated heterocycles. The van der Waals surface area contributed by atoms with Gasteiger partial charge in [-0.05, 0) is 36.6 Å². The topological polar surface area (TPSA) is 24.9 Å². The third-order valence-corrected chi connectivity index (χ3v) is 2.78. The van der Waals surface area contributed by atoms with E-state index in [0.29, 0.717) is 11.8 Å². The SMILES string of the molecule is CCNCC(C)C(C)c1cccnc1. The van der Waals surface area contributed by atoms with Crippen LogP contribution in [0.3, 0.4) is 0 Å². The maximum atomic E-state index is 4.15. The summed E-state index contributed by atoms with van der Waals surface area (Å²) in [5.41, 5.74) is 1.33. The van der Waals surface area contributed by atoms with E-state index in [4.69, 9.17) is 0 Å². The molecule has 2 nitrogen and oxygen atoms in total. The van der Waals surface area contributed by atoms with Gasteiger partial charge in [0.05, 0.1) is 0 Å². The number of pyridine rings is 1. The first-order chi connectivity index (χ1) is 6.75. The molecule has 1 heterocycles. The highest BCUT2D eigenvalue weighted by Crippen LogP contribution is 2.22. The number of hydrogen-bond acceptors (Lipinski definition) is 2. The fraction of sp³-hybridized carbons (Fsp3) is 0.583. The van der Waals surface area contributed by atoms with Gasteiger partial charge in [-0.1, -0.05) is 26.8 Å². The van der Waals surface area contributed by atoms with E-state index in [1.807, 2.05) is 18.5 Å². The summed E-state index contributed by atoms with van der Waals surface area (Å²) in [4.78, 5) is 4.15. The van der Waals surface area contributed by atoms with Crippen LogP contribution in [0.2, 0.25) is 0 Å². The van der Waals surface area contributed by atoms with Gasteiger partial charge < -0.3 is 5.32 Å². The fourth-order valence-electron chi connectivity index (χ4n) is 1.52. The first-order valence-corrected chi connectivity index (χ1v) is 5.36. The lowest BCUT2D eigenvalue weighted by Crippen LogP contribution is -2.24. The van der Waals surface area contributed by atoms with Crippen molar-refractivity contribution in [2.75, 3.05) is 13.1 Å². The van der Waals surface area contributed by atoms with Crippen LogP contribution in [0, 0.1) is 5.92 Å². The van der Waals surface area contributed by atoms with Gasteiger partial charge in [-0.3, -0.25) is 4.98 Å². The molecule has 0 radical (unpaired) electrons. The Kier molecular flexibility index (Phi) is 4.60. The molecule has 0 amide bonds. The molecule has 78 valence electrons. The minimum Gasteiger partial charge on any atom is -0.317 e. The molecule has 2 heteroatoms. The minimum atomic E-state index is 0.572. The van der Waals surface area contributed by atoms with Gasteiger partial charge in [-0.25, -0.2) is 0 Å². The zero-order valence-corrected chi connectivity index (χ0v) is 9.33. The highest BCUT2D eigenvalue weighted by atomic mass is 14.8. The highest BCUT2D eigenvalue weighted by molar-refractivity contribution is 5.14. The molecule has 0 saturated carbocycles. The summed E-state index contributed by atoms with van der Waals surface area (Å²) in [7, 11) is 0. The summed E-state index contributed by atoms with van der Waals surface area (Å²) in [5, 5.41) is 3.38. The Balaban J connectivity index is 2.52. The second-order valence-electron chi connectivity index (χ2n) is 3.86. The standard InChI is InChI=1S/C12H20N2/c1-4-13-8-10(2)11(3)12-6-5-7-14-9-12/h5-7,9-11,13H,4,8H2,1-3H3. The third-order valence-electron chi connectivity index (χ3n) is 2.78. The van der Waals surface area contributed by atoms with Gasteiger partial charge >= 0.3 is 0 Å². The van der Waals surface area contributed by atoms with Gasteiger partial charge in [0.25, 0.3) is 0 Å². The van der Waals surface area contributed by atoms with Crippen molar-refractivity contribution < 1.29 is 0 Å². The van der Waals surface area contributed by atoms with Crippen LogP contribution in [0.4, 0.5) is 0 Å². The van der Waals surface area contributed by atoms with E-state index in [1.54, 1.807) is 0 Å². The maximum Gasteiger partial charge on any atom is 0.0302 e. The molecular formula is C12H20N2. The summed E-state index contributed by atoms with van der Waals surface area (Å²) in [6.45, 7) is 8.80. The van der Waals surface area contributed by atoms with Gasteiger partial charge in [0.15, 0.2) is 0 Å². The smallest absolute Gasteiger partial charge is 0.0302 e. The quantitative estimate of drug-likeness (QED) is 0.775. The van der Waals surface area contributed by atoms with Crippen molar-refractivity contribution in [3.8, 4) is 0 Å². The van der Waals surface area contributed by atoms with Gasteiger partial charge in [0.1, 0.15) is 0 Å². The predicted molar refractivity (Wildman–Crippen MR) is 60.4 cm³/mol. The summed E-state index contributed by atoms with van der Waals surface area (Å²) < 4.78 is 0. The van der Waals surface area contributed by atoms with Crippen molar-refractivity contribution in [3.63, 3.8) is 0 Å². The molecular weight excluding hydrogens is 172 g/mol. The first kappa shape index (κ1) is 11.2. The molecule has 0 aliphatic heterocycles. The van der Waals surface area contributed by atoms with Gasteiger partial charge in [-0.2, -0.15) is 0 Å². The first-order valence-electron chi connectivity index (χ1n) is 5.36. The second-order valence-corrected chi connectivity index (χ2v) is 3.86. The Morgan fingerprint density at radius 2 is 2.21 bits per heavy atom. The summed E-state index contributed by atoms with van der Waals surface area (Å²) in [5.74, 6) is 1.22. The lowest BCUT2D eigenvalue weighted by molar-refractivity contribution is 0.453. The van der Waals surface area contributed by atoms with E-state index >= 15 is 0 Å². The Labute approximate surface area is 86.8 Å². The van der Waals surface area contributed by atoms with E-state index in [-0.39, 0.29) is 0 Å². The van der Waals surface area contributed by atoms with E-state index in [9.17, 15) is 0 Å². The maximum absolute atomic E-state index is 4.15. The molecule has 0 aliphatic carbocycles. The molecule has 1 aromatic heterocycles. The second kappa shape index (κ2) is 5.76. The summed E-state index contributed by atoms with van der Waals surface area (Å²) in [6, 6.07) is 4.16. The van der Waals surface area contributed by atoms with Crippen LogP contribution in [0.5, 0.6) is 0 Å². The molecule has 1 rings (SSSR count). The molecule has 2 unspecified atom stereocenters. The fourth-order valence-corrected chi connectivity index (χ4v) is 1.52. The highest BCUT2D eigenvalue weighted by Gasteiger charge is 2.13. The lowest BCUT2D eigenvalue weighted by Gasteiger charge is -2.20. The number of rotatable bonds is 5. The van der Waals surface area contributed by atoms with Crippen molar-refractivity contribution in [2.24, 2.45) is 5.92 Å². The lowest BCUT2D eigenvalue weighted by atomic mass is 9.90. The molecule has 14 heavy (non-hydrogen) atoms. The number of hydrogen-bond donors (Lipinski definition) is 1. The summed E-state index contributed by atoms with van der Waals surface area (Å²) in [6.07, 6.45) is 3.79. The van der Waals surface area contributed by atoms with Crippen molar-refractivity contribution in [2.45, 2.75) is 26.7 Å². The van der Waals surface area contributed by atoms with Gasteiger partial charge in [0.2, 0.25) is 0 Å². The molecule has 0 bridgehead atoms. The molecule has 1 aromatic rings.